The summed E-state index contributed by atoms with van der Waals surface area (Å²) in [4.78, 5) is 14.8. The zero-order valence-electron chi connectivity index (χ0n) is 18.4. The van der Waals surface area contributed by atoms with Crippen LogP contribution in [0.5, 0.6) is 5.75 Å². The first-order valence-electron chi connectivity index (χ1n) is 10.6. The van der Waals surface area contributed by atoms with Gasteiger partial charge in [0.05, 0.1) is 4.90 Å². The zero-order valence-corrected chi connectivity index (χ0v) is 20.8. The predicted molar refractivity (Wildman–Crippen MR) is 132 cm³/mol. The molecule has 172 valence electrons. The molecule has 8 heteroatoms. The number of nitrogens with one attached hydrogen (secondary N) is 1. The number of rotatable bonds is 7. The average Bonchev–Trinajstić information content (AvgIpc) is 3.12. The Kier molecular flexibility index (Phi) is 6.88. The van der Waals surface area contributed by atoms with E-state index in [0.717, 1.165) is 27.7 Å². The maximum atomic E-state index is 12.9. The first-order valence-corrected chi connectivity index (χ1v) is 12.9. The number of hydrogen-bond acceptors (Lipinski definition) is 4. The Morgan fingerprint density at radius 2 is 1.88 bits per heavy atom. The highest BCUT2D eigenvalue weighted by molar-refractivity contribution is 9.10. The summed E-state index contributed by atoms with van der Waals surface area (Å²) in [6, 6.07) is 19.9. The van der Waals surface area contributed by atoms with Gasteiger partial charge >= 0.3 is 0 Å². The Bertz CT molecular complexity index is 1280. The lowest BCUT2D eigenvalue weighted by molar-refractivity contribution is -0.120. The van der Waals surface area contributed by atoms with Crippen LogP contribution in [0.2, 0.25) is 0 Å². The van der Waals surface area contributed by atoms with Crippen molar-refractivity contribution in [3.05, 3.63) is 87.9 Å². The number of carbonyl (C=O) groups is 1. The molecule has 0 saturated heterocycles. The van der Waals surface area contributed by atoms with Gasteiger partial charge in [-0.25, -0.2) is 13.1 Å². The van der Waals surface area contributed by atoms with E-state index in [4.69, 9.17) is 4.74 Å². The third-order valence-corrected chi connectivity index (χ3v) is 7.54. The smallest absolute Gasteiger partial charge is 0.265 e. The lowest BCUT2D eigenvalue weighted by Gasteiger charge is -2.23. The van der Waals surface area contributed by atoms with Crippen molar-refractivity contribution in [3.8, 4) is 5.75 Å². The molecule has 3 aromatic rings. The maximum Gasteiger partial charge on any atom is 0.265 e. The standard InChI is InChI=1S/C25H25BrN2O4S/c1-17-12-22(33(30,31)27-15-19-6-4-3-5-7-19)9-11-24(17)32-16-25(29)28-18(2)13-20-14-21(26)8-10-23(20)28/h3-12,14,18,27H,13,15-16H2,1-2H3/t18-/m1/s1. The van der Waals surface area contributed by atoms with Gasteiger partial charge in [0.1, 0.15) is 5.75 Å². The summed E-state index contributed by atoms with van der Waals surface area (Å²) >= 11 is 3.48. The van der Waals surface area contributed by atoms with Crippen LogP contribution < -0.4 is 14.4 Å². The molecule has 0 saturated carbocycles. The van der Waals surface area contributed by atoms with Crippen molar-refractivity contribution in [1.29, 1.82) is 0 Å². The molecule has 0 aliphatic carbocycles. The van der Waals surface area contributed by atoms with Crippen molar-refractivity contribution >= 4 is 37.5 Å². The molecule has 33 heavy (non-hydrogen) atoms. The van der Waals surface area contributed by atoms with E-state index in [9.17, 15) is 13.2 Å². The lowest BCUT2D eigenvalue weighted by atomic mass is 10.1. The molecule has 4 rings (SSSR count). The lowest BCUT2D eigenvalue weighted by Crippen LogP contribution is -2.39. The fourth-order valence-corrected chi connectivity index (χ4v) is 5.51. The number of aryl methyl sites for hydroxylation is 1. The molecule has 0 spiro atoms. The Morgan fingerprint density at radius 3 is 2.61 bits per heavy atom. The summed E-state index contributed by atoms with van der Waals surface area (Å²) in [6.45, 7) is 3.86. The Morgan fingerprint density at radius 1 is 1.12 bits per heavy atom. The van der Waals surface area contributed by atoms with Crippen molar-refractivity contribution < 1.29 is 17.9 Å². The third kappa shape index (κ3) is 5.29. The van der Waals surface area contributed by atoms with E-state index in [1.165, 1.54) is 6.07 Å². The summed E-state index contributed by atoms with van der Waals surface area (Å²) in [5, 5.41) is 0. The normalized spacial score (nSPS) is 15.4. The Hall–Kier alpha value is -2.68. The average molecular weight is 529 g/mol. The van der Waals surface area contributed by atoms with Crippen molar-refractivity contribution in [2.75, 3.05) is 11.5 Å². The number of nitrogens with zero attached hydrogens (tertiary/aromatic N) is 1. The number of carbonyl (C=O) groups excluding carboxylic acids is 1. The number of benzene rings is 3. The van der Waals surface area contributed by atoms with Crippen molar-refractivity contribution in [2.24, 2.45) is 0 Å². The monoisotopic (exact) mass is 528 g/mol. The molecule has 0 unspecified atom stereocenters. The van der Waals surface area contributed by atoms with Gasteiger partial charge in [-0.3, -0.25) is 4.79 Å². The quantitative estimate of drug-likeness (QED) is 0.486. The largest absolute Gasteiger partial charge is 0.483 e. The molecule has 1 atom stereocenters. The van der Waals surface area contributed by atoms with E-state index in [1.54, 1.807) is 24.0 Å². The van der Waals surface area contributed by atoms with Gasteiger partial charge in [-0.2, -0.15) is 0 Å². The summed E-state index contributed by atoms with van der Waals surface area (Å²) in [5.41, 5.74) is 3.55. The number of fused-ring (bicyclic) bond motifs is 1. The molecular weight excluding hydrogens is 504 g/mol. The van der Waals surface area contributed by atoms with E-state index in [-0.39, 0.29) is 30.0 Å². The maximum absolute atomic E-state index is 12.9. The molecule has 6 nitrogen and oxygen atoms in total. The van der Waals surface area contributed by atoms with Gasteiger partial charge in [-0.15, -0.1) is 0 Å². The predicted octanol–water partition coefficient (Wildman–Crippen LogP) is 4.59. The van der Waals surface area contributed by atoms with Crippen LogP contribution in [0, 0.1) is 6.92 Å². The zero-order chi connectivity index (χ0) is 23.6. The summed E-state index contributed by atoms with van der Waals surface area (Å²) < 4.78 is 34.7. The van der Waals surface area contributed by atoms with Gasteiger partial charge in [-0.1, -0.05) is 46.3 Å². The van der Waals surface area contributed by atoms with Gasteiger partial charge in [0.2, 0.25) is 10.0 Å². The topological polar surface area (TPSA) is 75.7 Å². The number of anilines is 1. The molecular formula is C25H25BrN2O4S. The summed E-state index contributed by atoms with van der Waals surface area (Å²) in [6.07, 6.45) is 0.794. The van der Waals surface area contributed by atoms with E-state index < -0.39 is 10.0 Å². The van der Waals surface area contributed by atoms with Crippen molar-refractivity contribution in [1.82, 2.24) is 4.72 Å². The van der Waals surface area contributed by atoms with Crippen LogP contribution in [0.1, 0.15) is 23.6 Å². The number of ether oxygens (including phenoxy) is 1. The molecule has 0 radical (unpaired) electrons. The van der Waals surface area contributed by atoms with Crippen LogP contribution >= 0.6 is 15.9 Å². The number of sulfonamides is 1. The number of amides is 1. The molecule has 1 heterocycles. The van der Waals surface area contributed by atoms with Gasteiger partial charge in [0.15, 0.2) is 6.61 Å². The molecule has 1 amide bonds. The SMILES string of the molecule is Cc1cc(S(=O)(=O)NCc2ccccc2)ccc1OCC(=O)N1c2ccc(Br)cc2C[C@H]1C. The Labute approximate surface area is 202 Å². The molecule has 3 aromatic carbocycles. The second-order valence-corrected chi connectivity index (χ2v) is 10.8. The van der Waals surface area contributed by atoms with E-state index >= 15 is 0 Å². The van der Waals surface area contributed by atoms with Gasteiger partial charge < -0.3 is 9.64 Å². The minimum atomic E-state index is -3.67. The molecule has 1 N–H and O–H groups in total. The van der Waals surface area contributed by atoms with Crippen LogP contribution in [0.3, 0.4) is 0 Å². The summed E-state index contributed by atoms with van der Waals surface area (Å²) in [5.74, 6) is 0.345. The fraction of sp³-hybridized carbons (Fsp3) is 0.240. The second-order valence-electron chi connectivity index (χ2n) is 8.12. The number of halogens is 1. The molecule has 1 aliphatic heterocycles. The van der Waals surface area contributed by atoms with E-state index in [1.807, 2.05) is 55.5 Å². The van der Waals surface area contributed by atoms with Crippen LogP contribution in [-0.4, -0.2) is 27.0 Å². The van der Waals surface area contributed by atoms with Gasteiger partial charge in [0, 0.05) is 22.7 Å². The highest BCUT2D eigenvalue weighted by atomic mass is 79.9. The fourth-order valence-electron chi connectivity index (χ4n) is 4.00. The third-order valence-electron chi connectivity index (χ3n) is 5.64. The molecule has 0 aromatic heterocycles. The van der Waals surface area contributed by atoms with Gasteiger partial charge in [-0.05, 0) is 73.4 Å². The van der Waals surface area contributed by atoms with Crippen LogP contribution in [0.15, 0.2) is 76.1 Å². The van der Waals surface area contributed by atoms with Gasteiger partial charge in [0.25, 0.3) is 5.91 Å². The van der Waals surface area contributed by atoms with Crippen LogP contribution in [-0.2, 0) is 27.8 Å². The first-order chi connectivity index (χ1) is 15.7. The highest BCUT2D eigenvalue weighted by Crippen LogP contribution is 2.34. The first kappa shape index (κ1) is 23.5. The van der Waals surface area contributed by atoms with E-state index in [2.05, 4.69) is 20.7 Å². The highest BCUT2D eigenvalue weighted by Gasteiger charge is 2.31. The minimum absolute atomic E-state index is 0.0507. The molecule has 0 fully saturated rings. The van der Waals surface area contributed by atoms with E-state index in [0.29, 0.717) is 11.3 Å². The molecule has 0 bridgehead atoms. The van der Waals surface area contributed by atoms with Crippen LogP contribution in [0.25, 0.3) is 0 Å². The van der Waals surface area contributed by atoms with Crippen molar-refractivity contribution in [2.45, 2.75) is 37.8 Å². The molecule has 1 aliphatic rings. The van der Waals surface area contributed by atoms with Crippen molar-refractivity contribution in [3.63, 3.8) is 0 Å². The van der Waals surface area contributed by atoms with Crippen LogP contribution in [0.4, 0.5) is 5.69 Å². The number of hydrogen-bond donors (Lipinski definition) is 1. The summed E-state index contributed by atoms with van der Waals surface area (Å²) in [7, 11) is -3.67. The Balaban J connectivity index is 1.41. The minimum Gasteiger partial charge on any atom is -0.483 e. The second kappa shape index (κ2) is 9.67.